The molecule has 0 bridgehead atoms. The lowest BCUT2D eigenvalue weighted by Gasteiger charge is -2.28. The lowest BCUT2D eigenvalue weighted by molar-refractivity contribution is -0.113. The van der Waals surface area contributed by atoms with Crippen molar-refractivity contribution in [3.8, 4) is 5.75 Å². The van der Waals surface area contributed by atoms with Crippen LogP contribution < -0.4 is 4.90 Å². The Morgan fingerprint density at radius 3 is 1.97 bits per heavy atom. The van der Waals surface area contributed by atoms with Gasteiger partial charge >= 0.3 is 0 Å². The SMILES string of the molecule is CC(C)(C)c1cc(/C=C2/SC(=S)N(c3ccccc3)C2=O)cc(C(C)(C)C)c1O. The predicted molar refractivity (Wildman–Crippen MR) is 128 cm³/mol. The quantitative estimate of drug-likeness (QED) is 0.447. The molecule has 0 unspecified atom stereocenters. The maximum Gasteiger partial charge on any atom is 0.270 e. The first kappa shape index (κ1) is 21.6. The molecule has 1 saturated heterocycles. The van der Waals surface area contributed by atoms with Gasteiger partial charge in [0.25, 0.3) is 5.91 Å². The third-order valence-electron chi connectivity index (χ3n) is 4.85. The van der Waals surface area contributed by atoms with Crippen molar-refractivity contribution < 1.29 is 9.90 Å². The van der Waals surface area contributed by atoms with Gasteiger partial charge in [-0.15, -0.1) is 0 Å². The number of phenolic OH excluding ortho intramolecular Hbond substituents is 1. The van der Waals surface area contributed by atoms with Gasteiger partial charge in [-0.05, 0) is 46.7 Å². The van der Waals surface area contributed by atoms with Gasteiger partial charge in [0.15, 0.2) is 4.32 Å². The van der Waals surface area contributed by atoms with E-state index in [4.69, 9.17) is 12.2 Å². The van der Waals surface area contributed by atoms with Gasteiger partial charge in [-0.25, -0.2) is 0 Å². The normalized spacial score (nSPS) is 16.8. The van der Waals surface area contributed by atoms with Crippen molar-refractivity contribution in [2.75, 3.05) is 4.90 Å². The lowest BCUT2D eigenvalue weighted by atomic mass is 9.78. The Bertz CT molecular complexity index is 961. The van der Waals surface area contributed by atoms with E-state index in [0.717, 1.165) is 22.4 Å². The molecule has 1 aliphatic heterocycles. The molecular formula is C24H27NO2S2. The number of hydrogen-bond acceptors (Lipinski definition) is 4. The van der Waals surface area contributed by atoms with Gasteiger partial charge in [0.1, 0.15) is 5.75 Å². The summed E-state index contributed by atoms with van der Waals surface area (Å²) in [5.74, 6) is 0.216. The minimum atomic E-state index is -0.225. The summed E-state index contributed by atoms with van der Waals surface area (Å²) >= 11 is 6.78. The van der Waals surface area contributed by atoms with Gasteiger partial charge in [-0.3, -0.25) is 9.69 Å². The molecule has 1 aliphatic rings. The fourth-order valence-corrected chi connectivity index (χ4v) is 4.60. The Kier molecular flexibility index (Phi) is 5.67. The molecule has 0 saturated carbocycles. The van der Waals surface area contributed by atoms with Gasteiger partial charge < -0.3 is 5.11 Å². The average molecular weight is 426 g/mol. The maximum atomic E-state index is 13.1. The third kappa shape index (κ3) is 4.41. The fourth-order valence-electron chi connectivity index (χ4n) is 3.30. The van der Waals surface area contributed by atoms with Crippen LogP contribution in [0.15, 0.2) is 47.4 Å². The Morgan fingerprint density at radius 1 is 0.966 bits per heavy atom. The smallest absolute Gasteiger partial charge is 0.270 e. The van der Waals surface area contributed by atoms with Crippen LogP contribution in [0, 0.1) is 0 Å². The van der Waals surface area contributed by atoms with Crippen LogP contribution in [0.2, 0.25) is 0 Å². The average Bonchev–Trinajstić information content (AvgIpc) is 2.88. The lowest BCUT2D eigenvalue weighted by Crippen LogP contribution is -2.27. The van der Waals surface area contributed by atoms with Crippen LogP contribution in [0.3, 0.4) is 0 Å². The molecule has 152 valence electrons. The number of amides is 1. The van der Waals surface area contributed by atoms with E-state index in [1.807, 2.05) is 48.5 Å². The molecule has 1 fully saturated rings. The zero-order valence-electron chi connectivity index (χ0n) is 17.7. The zero-order chi connectivity index (χ0) is 21.6. The molecule has 0 radical (unpaired) electrons. The highest BCUT2D eigenvalue weighted by Gasteiger charge is 2.33. The molecule has 3 rings (SSSR count). The van der Waals surface area contributed by atoms with Crippen molar-refractivity contribution in [3.63, 3.8) is 0 Å². The van der Waals surface area contributed by atoms with Crippen LogP contribution in [0.5, 0.6) is 5.75 Å². The van der Waals surface area contributed by atoms with Crippen molar-refractivity contribution in [2.24, 2.45) is 0 Å². The third-order valence-corrected chi connectivity index (χ3v) is 6.16. The molecule has 0 aromatic heterocycles. The zero-order valence-corrected chi connectivity index (χ0v) is 19.4. The first-order valence-corrected chi connectivity index (χ1v) is 10.8. The molecule has 2 aromatic carbocycles. The van der Waals surface area contributed by atoms with Gasteiger partial charge in [0, 0.05) is 11.1 Å². The molecule has 0 spiro atoms. The molecule has 1 N–H and O–H groups in total. The molecule has 2 aromatic rings. The van der Waals surface area contributed by atoms with E-state index >= 15 is 0 Å². The molecule has 1 amide bonds. The fraction of sp³-hybridized carbons (Fsp3) is 0.333. The number of thiocarbonyl (C=S) groups is 1. The van der Waals surface area contributed by atoms with Gasteiger partial charge in [-0.2, -0.15) is 0 Å². The molecule has 0 atom stereocenters. The van der Waals surface area contributed by atoms with E-state index in [1.54, 1.807) is 4.90 Å². The second kappa shape index (κ2) is 7.62. The van der Waals surface area contributed by atoms with E-state index in [-0.39, 0.29) is 16.7 Å². The number of carbonyl (C=O) groups is 1. The molecule has 3 nitrogen and oxygen atoms in total. The summed E-state index contributed by atoms with van der Waals surface area (Å²) in [4.78, 5) is 15.2. The number of para-hydroxylation sites is 1. The number of nitrogens with zero attached hydrogens (tertiary/aromatic N) is 1. The van der Waals surface area contributed by atoms with Crippen LogP contribution in [-0.4, -0.2) is 15.3 Å². The minimum Gasteiger partial charge on any atom is -0.507 e. The highest BCUT2D eigenvalue weighted by Crippen LogP contribution is 2.41. The number of aromatic hydroxyl groups is 1. The first-order valence-electron chi connectivity index (χ1n) is 9.60. The second-order valence-corrected chi connectivity index (χ2v) is 11.0. The van der Waals surface area contributed by atoms with Crippen molar-refractivity contribution in [1.82, 2.24) is 0 Å². The van der Waals surface area contributed by atoms with Gasteiger partial charge in [0.2, 0.25) is 0 Å². The molecule has 1 heterocycles. The summed E-state index contributed by atoms with van der Waals surface area (Å²) in [5, 5.41) is 10.9. The summed E-state index contributed by atoms with van der Waals surface area (Å²) < 4.78 is 0.526. The van der Waals surface area contributed by atoms with Crippen molar-refractivity contribution in [1.29, 1.82) is 0 Å². The standard InChI is InChI=1S/C24H27NO2S2/c1-23(2,3)17-12-15(13-18(20(17)26)24(4,5)6)14-19-21(27)25(22(28)29-19)16-10-8-7-9-11-16/h7-14,26H,1-6H3/b19-14+. The number of benzene rings is 2. The Labute approximate surface area is 182 Å². The number of thioether (sulfide) groups is 1. The van der Waals surface area contributed by atoms with Crippen molar-refractivity contribution in [3.05, 3.63) is 64.1 Å². The molecular weight excluding hydrogens is 398 g/mol. The summed E-state index contributed by atoms with van der Waals surface area (Å²) in [6, 6.07) is 13.4. The Hall–Kier alpha value is -2.11. The second-order valence-electron chi connectivity index (χ2n) is 9.32. The van der Waals surface area contributed by atoms with Crippen LogP contribution in [0.25, 0.3) is 6.08 Å². The summed E-state index contributed by atoms with van der Waals surface area (Å²) in [6.45, 7) is 12.5. The highest BCUT2D eigenvalue weighted by molar-refractivity contribution is 8.27. The number of hydrogen-bond donors (Lipinski definition) is 1. The largest absolute Gasteiger partial charge is 0.507 e. The van der Waals surface area contributed by atoms with Crippen LogP contribution in [-0.2, 0) is 15.6 Å². The summed E-state index contributed by atoms with van der Waals surface area (Å²) in [6.07, 6.45) is 1.88. The van der Waals surface area contributed by atoms with E-state index in [1.165, 1.54) is 11.8 Å². The van der Waals surface area contributed by atoms with Crippen LogP contribution in [0.1, 0.15) is 58.2 Å². The van der Waals surface area contributed by atoms with Gasteiger partial charge in [0.05, 0.1) is 10.6 Å². The van der Waals surface area contributed by atoms with E-state index in [0.29, 0.717) is 15.0 Å². The summed E-state index contributed by atoms with van der Waals surface area (Å²) in [7, 11) is 0. The number of phenols is 1. The number of carbonyl (C=O) groups excluding carboxylic acids is 1. The molecule has 0 aliphatic carbocycles. The predicted octanol–water partition coefficient (Wildman–Crippen LogP) is 6.39. The summed E-state index contributed by atoms with van der Waals surface area (Å²) in [5.41, 5.74) is 2.96. The van der Waals surface area contributed by atoms with E-state index in [2.05, 4.69) is 41.5 Å². The maximum absolute atomic E-state index is 13.1. The van der Waals surface area contributed by atoms with Crippen LogP contribution in [0.4, 0.5) is 5.69 Å². The van der Waals surface area contributed by atoms with E-state index in [9.17, 15) is 9.90 Å². The Morgan fingerprint density at radius 2 is 1.48 bits per heavy atom. The first-order chi connectivity index (χ1) is 13.4. The monoisotopic (exact) mass is 425 g/mol. The molecule has 29 heavy (non-hydrogen) atoms. The van der Waals surface area contributed by atoms with Crippen molar-refractivity contribution in [2.45, 2.75) is 52.4 Å². The van der Waals surface area contributed by atoms with Gasteiger partial charge in [-0.1, -0.05) is 83.7 Å². The highest BCUT2D eigenvalue weighted by atomic mass is 32.2. The van der Waals surface area contributed by atoms with Crippen LogP contribution >= 0.6 is 24.0 Å². The number of rotatable bonds is 2. The minimum absolute atomic E-state index is 0.117. The van der Waals surface area contributed by atoms with E-state index < -0.39 is 0 Å². The topological polar surface area (TPSA) is 40.5 Å². The van der Waals surface area contributed by atoms with Crippen molar-refractivity contribution >= 4 is 46.0 Å². The Balaban J connectivity index is 2.09. The molecule has 5 heteroatoms. The number of anilines is 1.